The molecule has 0 radical (unpaired) electrons. The first-order valence-electron chi connectivity index (χ1n) is 4.73. The number of rotatable bonds is 2. The van der Waals surface area contributed by atoms with Crippen molar-refractivity contribution in [2.75, 3.05) is 19.6 Å². The zero-order valence-electron chi connectivity index (χ0n) is 7.94. The molecule has 1 aliphatic rings. The molecule has 74 valence electrons. The molecular weight excluding hydrogens is 178 g/mol. The first-order valence-corrected chi connectivity index (χ1v) is 4.73. The Balaban J connectivity index is 2.00. The zero-order valence-corrected chi connectivity index (χ0v) is 7.94. The lowest BCUT2D eigenvalue weighted by atomic mass is 10.2. The molecule has 0 aliphatic carbocycles. The smallest absolute Gasteiger partial charge is 0.236 e. The second kappa shape index (κ2) is 4.19. The normalized spacial score (nSPS) is 17.1. The second-order valence-electron chi connectivity index (χ2n) is 3.35. The van der Waals surface area contributed by atoms with Crippen molar-refractivity contribution in [1.82, 2.24) is 15.2 Å². The Kier molecular flexibility index (Phi) is 2.74. The van der Waals surface area contributed by atoms with E-state index in [1.165, 1.54) is 0 Å². The van der Waals surface area contributed by atoms with Gasteiger partial charge in [-0.15, -0.1) is 0 Å². The number of amides is 1. The predicted molar refractivity (Wildman–Crippen MR) is 52.5 cm³/mol. The van der Waals surface area contributed by atoms with Crippen molar-refractivity contribution in [3.05, 3.63) is 30.1 Å². The number of carbonyl (C=O) groups excluding carboxylic acids is 1. The quantitative estimate of drug-likeness (QED) is 0.716. The maximum Gasteiger partial charge on any atom is 0.236 e. The van der Waals surface area contributed by atoms with Gasteiger partial charge in [0.15, 0.2) is 0 Å². The van der Waals surface area contributed by atoms with Crippen LogP contribution in [0.3, 0.4) is 0 Å². The van der Waals surface area contributed by atoms with Crippen molar-refractivity contribution in [2.45, 2.75) is 6.54 Å². The fourth-order valence-corrected chi connectivity index (χ4v) is 1.53. The van der Waals surface area contributed by atoms with Gasteiger partial charge in [0.25, 0.3) is 0 Å². The minimum Gasteiger partial charge on any atom is -0.336 e. The van der Waals surface area contributed by atoms with Gasteiger partial charge in [0.2, 0.25) is 5.91 Å². The van der Waals surface area contributed by atoms with Gasteiger partial charge in [-0.25, -0.2) is 0 Å². The molecule has 0 atom stereocenters. The number of nitrogens with zero attached hydrogens (tertiary/aromatic N) is 2. The van der Waals surface area contributed by atoms with Crippen LogP contribution in [-0.2, 0) is 11.3 Å². The van der Waals surface area contributed by atoms with Gasteiger partial charge < -0.3 is 10.2 Å². The van der Waals surface area contributed by atoms with Crippen LogP contribution in [0, 0.1) is 0 Å². The summed E-state index contributed by atoms with van der Waals surface area (Å²) in [6.45, 7) is 2.80. The van der Waals surface area contributed by atoms with Crippen molar-refractivity contribution < 1.29 is 4.79 Å². The lowest BCUT2D eigenvalue weighted by Gasteiger charge is -2.27. The van der Waals surface area contributed by atoms with E-state index in [1.54, 1.807) is 12.4 Å². The number of hydrogen-bond acceptors (Lipinski definition) is 3. The van der Waals surface area contributed by atoms with E-state index < -0.39 is 0 Å². The SMILES string of the molecule is O=C1CNCCN1Cc1cccnc1. The Morgan fingerprint density at radius 1 is 1.57 bits per heavy atom. The van der Waals surface area contributed by atoms with E-state index in [0.29, 0.717) is 13.1 Å². The third kappa shape index (κ3) is 2.09. The molecule has 1 aliphatic heterocycles. The highest BCUT2D eigenvalue weighted by Crippen LogP contribution is 2.04. The lowest BCUT2D eigenvalue weighted by molar-refractivity contribution is -0.132. The maximum atomic E-state index is 11.4. The molecule has 1 amide bonds. The second-order valence-corrected chi connectivity index (χ2v) is 3.35. The van der Waals surface area contributed by atoms with Gasteiger partial charge >= 0.3 is 0 Å². The predicted octanol–water partition coefficient (Wildman–Crippen LogP) is 0.0134. The monoisotopic (exact) mass is 191 g/mol. The van der Waals surface area contributed by atoms with E-state index in [-0.39, 0.29) is 5.91 Å². The Bertz CT molecular complexity index is 312. The average Bonchev–Trinajstić information content (AvgIpc) is 2.23. The van der Waals surface area contributed by atoms with Gasteiger partial charge in [-0.2, -0.15) is 0 Å². The summed E-state index contributed by atoms with van der Waals surface area (Å²) in [5.74, 6) is 0.167. The summed E-state index contributed by atoms with van der Waals surface area (Å²) in [7, 11) is 0. The molecule has 14 heavy (non-hydrogen) atoms. The van der Waals surface area contributed by atoms with Crippen molar-refractivity contribution in [2.24, 2.45) is 0 Å². The molecule has 4 nitrogen and oxygen atoms in total. The molecule has 0 saturated carbocycles. The molecule has 1 saturated heterocycles. The number of aromatic nitrogens is 1. The van der Waals surface area contributed by atoms with Gasteiger partial charge in [-0.3, -0.25) is 9.78 Å². The molecule has 0 bridgehead atoms. The number of carbonyl (C=O) groups is 1. The van der Waals surface area contributed by atoms with Crippen molar-refractivity contribution in [3.8, 4) is 0 Å². The molecule has 1 aromatic rings. The lowest BCUT2D eigenvalue weighted by Crippen LogP contribution is -2.47. The topological polar surface area (TPSA) is 45.2 Å². The summed E-state index contributed by atoms with van der Waals surface area (Å²) < 4.78 is 0. The van der Waals surface area contributed by atoms with E-state index in [0.717, 1.165) is 18.7 Å². The Morgan fingerprint density at radius 3 is 3.21 bits per heavy atom. The van der Waals surface area contributed by atoms with Crippen LogP contribution in [0.2, 0.25) is 0 Å². The van der Waals surface area contributed by atoms with Crippen LogP contribution in [0.25, 0.3) is 0 Å². The molecular formula is C10H13N3O. The highest BCUT2D eigenvalue weighted by Gasteiger charge is 2.17. The molecule has 0 aromatic carbocycles. The summed E-state index contributed by atoms with van der Waals surface area (Å²) in [5, 5.41) is 3.04. The van der Waals surface area contributed by atoms with Gasteiger partial charge in [0.05, 0.1) is 6.54 Å². The van der Waals surface area contributed by atoms with Gasteiger partial charge in [0, 0.05) is 32.0 Å². The summed E-state index contributed by atoms with van der Waals surface area (Å²) in [4.78, 5) is 17.3. The summed E-state index contributed by atoms with van der Waals surface area (Å²) in [6, 6.07) is 3.88. The van der Waals surface area contributed by atoms with E-state index in [2.05, 4.69) is 10.3 Å². The van der Waals surface area contributed by atoms with E-state index in [4.69, 9.17) is 0 Å². The van der Waals surface area contributed by atoms with Gasteiger partial charge in [0.1, 0.15) is 0 Å². The third-order valence-corrected chi connectivity index (χ3v) is 2.28. The Morgan fingerprint density at radius 2 is 2.50 bits per heavy atom. The number of nitrogens with one attached hydrogen (secondary N) is 1. The summed E-state index contributed by atoms with van der Waals surface area (Å²) in [6.07, 6.45) is 3.54. The number of pyridine rings is 1. The highest BCUT2D eigenvalue weighted by molar-refractivity contribution is 5.78. The first-order chi connectivity index (χ1) is 6.86. The number of piperazine rings is 1. The minimum absolute atomic E-state index is 0.167. The van der Waals surface area contributed by atoms with Gasteiger partial charge in [-0.05, 0) is 11.6 Å². The molecule has 1 aromatic heterocycles. The van der Waals surface area contributed by atoms with E-state index >= 15 is 0 Å². The van der Waals surface area contributed by atoms with Crippen LogP contribution < -0.4 is 5.32 Å². The first kappa shape index (κ1) is 9.15. The molecule has 0 unspecified atom stereocenters. The largest absolute Gasteiger partial charge is 0.336 e. The summed E-state index contributed by atoms with van der Waals surface area (Å²) in [5.41, 5.74) is 1.09. The van der Waals surface area contributed by atoms with Crippen molar-refractivity contribution in [3.63, 3.8) is 0 Å². The minimum atomic E-state index is 0.167. The van der Waals surface area contributed by atoms with Crippen molar-refractivity contribution >= 4 is 5.91 Å². The van der Waals surface area contributed by atoms with Crippen LogP contribution in [0.1, 0.15) is 5.56 Å². The Labute approximate surface area is 82.9 Å². The highest BCUT2D eigenvalue weighted by atomic mass is 16.2. The fourth-order valence-electron chi connectivity index (χ4n) is 1.53. The average molecular weight is 191 g/mol. The molecule has 4 heteroatoms. The zero-order chi connectivity index (χ0) is 9.80. The van der Waals surface area contributed by atoms with Crippen LogP contribution in [0.15, 0.2) is 24.5 Å². The molecule has 1 N–H and O–H groups in total. The standard InChI is InChI=1S/C10H13N3O/c14-10-7-12-4-5-13(10)8-9-2-1-3-11-6-9/h1-3,6,12H,4-5,7-8H2. The van der Waals surface area contributed by atoms with Gasteiger partial charge in [-0.1, -0.05) is 6.07 Å². The Hall–Kier alpha value is -1.42. The van der Waals surface area contributed by atoms with Crippen LogP contribution in [0.5, 0.6) is 0 Å². The van der Waals surface area contributed by atoms with Crippen LogP contribution in [0.4, 0.5) is 0 Å². The maximum absolute atomic E-state index is 11.4. The van der Waals surface area contributed by atoms with Crippen LogP contribution in [-0.4, -0.2) is 35.4 Å². The molecule has 1 fully saturated rings. The molecule has 2 heterocycles. The molecule has 2 rings (SSSR count). The van der Waals surface area contributed by atoms with Crippen molar-refractivity contribution in [1.29, 1.82) is 0 Å². The van der Waals surface area contributed by atoms with E-state index in [1.807, 2.05) is 17.0 Å². The fraction of sp³-hybridized carbons (Fsp3) is 0.400. The summed E-state index contributed by atoms with van der Waals surface area (Å²) >= 11 is 0. The third-order valence-electron chi connectivity index (χ3n) is 2.28. The van der Waals surface area contributed by atoms with E-state index in [9.17, 15) is 4.79 Å². The molecule has 0 spiro atoms. The van der Waals surface area contributed by atoms with Crippen LogP contribution >= 0.6 is 0 Å². The number of hydrogen-bond donors (Lipinski definition) is 1.